The van der Waals surface area contributed by atoms with Gasteiger partial charge in [0.05, 0.1) is 11.7 Å². The molecule has 1 N–H and O–H groups in total. The number of furan rings is 1. The predicted molar refractivity (Wildman–Crippen MR) is 102 cm³/mol. The van der Waals surface area contributed by atoms with Crippen LogP contribution in [-0.4, -0.2) is 22.0 Å². The Bertz CT molecular complexity index is 867. The summed E-state index contributed by atoms with van der Waals surface area (Å²) in [7, 11) is 1.98. The highest BCUT2D eigenvalue weighted by atomic mass is 32.2. The van der Waals surface area contributed by atoms with Crippen LogP contribution >= 0.6 is 24.0 Å². The minimum atomic E-state index is -0.0283. The van der Waals surface area contributed by atoms with Crippen LogP contribution in [0.5, 0.6) is 0 Å². The molecule has 4 rings (SSSR count). The van der Waals surface area contributed by atoms with E-state index >= 15 is 0 Å². The van der Waals surface area contributed by atoms with E-state index in [-0.39, 0.29) is 12.1 Å². The molecule has 1 fully saturated rings. The van der Waals surface area contributed by atoms with Crippen molar-refractivity contribution < 1.29 is 4.42 Å². The largest absolute Gasteiger partial charge is 0.452 e. The molecule has 1 aromatic carbocycles. The number of thiocarbonyl (C=S) groups is 1. The quantitative estimate of drug-likeness (QED) is 0.688. The third-order valence-electron chi connectivity index (χ3n) is 4.19. The zero-order valence-corrected chi connectivity index (χ0v) is 15.3. The lowest BCUT2D eigenvalue weighted by Crippen LogP contribution is -2.24. The van der Waals surface area contributed by atoms with Crippen molar-refractivity contribution >= 4 is 29.1 Å². The first-order valence-corrected chi connectivity index (χ1v) is 9.22. The van der Waals surface area contributed by atoms with Gasteiger partial charge >= 0.3 is 0 Å². The van der Waals surface area contributed by atoms with Crippen LogP contribution in [0.2, 0.25) is 0 Å². The predicted octanol–water partition coefficient (Wildman–Crippen LogP) is 4.43. The molecule has 0 aliphatic carbocycles. The first-order valence-electron chi connectivity index (χ1n) is 7.99. The van der Waals surface area contributed by atoms with Gasteiger partial charge in [0.25, 0.3) is 0 Å². The average molecular weight is 367 g/mol. The zero-order valence-electron chi connectivity index (χ0n) is 13.6. The first-order chi connectivity index (χ1) is 12.2. The van der Waals surface area contributed by atoms with Gasteiger partial charge in [0, 0.05) is 18.1 Å². The third-order valence-corrected chi connectivity index (χ3v) is 5.53. The van der Waals surface area contributed by atoms with E-state index < -0.39 is 0 Å². The topological polar surface area (TPSA) is 41.3 Å². The van der Waals surface area contributed by atoms with Gasteiger partial charge in [0.15, 0.2) is 10.2 Å². The molecule has 25 heavy (non-hydrogen) atoms. The van der Waals surface area contributed by atoms with Crippen LogP contribution in [-0.2, 0) is 0 Å². The van der Waals surface area contributed by atoms with Crippen LogP contribution in [0.1, 0.15) is 23.5 Å². The Balaban J connectivity index is 1.62. The average Bonchev–Trinajstić information content (AvgIpc) is 3.21. The molecule has 126 valence electrons. The van der Waals surface area contributed by atoms with E-state index in [1.54, 1.807) is 18.0 Å². The van der Waals surface area contributed by atoms with Gasteiger partial charge in [-0.1, -0.05) is 36.0 Å². The number of pyridine rings is 1. The Labute approximate surface area is 156 Å². The first kappa shape index (κ1) is 16.2. The molecular formula is C19H17N3OS2. The van der Waals surface area contributed by atoms with E-state index in [4.69, 9.17) is 16.6 Å². The van der Waals surface area contributed by atoms with E-state index in [0.29, 0.717) is 5.11 Å². The van der Waals surface area contributed by atoms with E-state index in [1.807, 2.05) is 60.5 Å². The molecule has 1 saturated heterocycles. The molecule has 6 heteroatoms. The maximum atomic E-state index is 6.14. The third kappa shape index (κ3) is 3.27. The number of hydrogen-bond donors (Lipinski definition) is 1. The zero-order chi connectivity index (χ0) is 17.2. The highest BCUT2D eigenvalue weighted by Crippen LogP contribution is 2.40. The van der Waals surface area contributed by atoms with E-state index in [1.165, 1.54) is 0 Å². The van der Waals surface area contributed by atoms with Crippen molar-refractivity contribution in [3.63, 3.8) is 0 Å². The summed E-state index contributed by atoms with van der Waals surface area (Å²) in [5.41, 5.74) is 0.952. The second kappa shape index (κ2) is 6.90. The molecule has 2 aromatic heterocycles. The number of nitrogens with one attached hydrogen (secondary N) is 1. The van der Waals surface area contributed by atoms with Crippen molar-refractivity contribution in [1.82, 2.24) is 15.2 Å². The van der Waals surface area contributed by atoms with Crippen LogP contribution in [0.15, 0.2) is 81.3 Å². The lowest BCUT2D eigenvalue weighted by molar-refractivity contribution is 0.289. The number of hydrogen-bond acceptors (Lipinski definition) is 4. The van der Waals surface area contributed by atoms with E-state index in [0.717, 1.165) is 21.4 Å². The van der Waals surface area contributed by atoms with Gasteiger partial charge < -0.3 is 14.6 Å². The molecule has 0 amide bonds. The fourth-order valence-electron chi connectivity index (χ4n) is 2.97. The smallest absolute Gasteiger partial charge is 0.170 e. The van der Waals surface area contributed by atoms with Gasteiger partial charge in [-0.3, -0.25) is 4.98 Å². The normalized spacial score (nSPS) is 19.9. The number of nitrogens with zero attached hydrogens (tertiary/aromatic N) is 2. The van der Waals surface area contributed by atoms with Gasteiger partial charge in [-0.25, -0.2) is 0 Å². The number of rotatable bonds is 4. The summed E-state index contributed by atoms with van der Waals surface area (Å²) in [6.07, 6.45) is 1.80. The maximum absolute atomic E-state index is 6.14. The number of likely N-dealkylation sites (N-methyl/N-ethyl adjacent to an activating group) is 1. The molecule has 0 unspecified atom stereocenters. The summed E-state index contributed by atoms with van der Waals surface area (Å²) in [5.74, 6) is 0.879. The second-order valence-electron chi connectivity index (χ2n) is 5.81. The lowest BCUT2D eigenvalue weighted by Gasteiger charge is -2.21. The van der Waals surface area contributed by atoms with Crippen LogP contribution < -0.4 is 5.32 Å². The van der Waals surface area contributed by atoms with Crippen molar-refractivity contribution in [3.8, 4) is 0 Å². The highest BCUT2D eigenvalue weighted by Gasteiger charge is 2.39. The minimum absolute atomic E-state index is 0.0208. The summed E-state index contributed by atoms with van der Waals surface area (Å²) in [6, 6.07) is 20.1. The molecule has 2 atom stereocenters. The van der Waals surface area contributed by atoms with E-state index in [2.05, 4.69) is 22.4 Å². The summed E-state index contributed by atoms with van der Waals surface area (Å²) < 4.78 is 6.14. The van der Waals surface area contributed by atoms with Gasteiger partial charge in [-0.2, -0.15) is 0 Å². The van der Waals surface area contributed by atoms with Gasteiger partial charge in [-0.15, -0.1) is 0 Å². The summed E-state index contributed by atoms with van der Waals surface area (Å²) in [6.45, 7) is 0. The molecule has 1 aliphatic rings. The SMILES string of the molecule is CN1C(=S)N[C@H](c2ccccn2)[C@@H]1c1ccc(Sc2ccccc2)o1. The van der Waals surface area contributed by atoms with Crippen molar-refractivity contribution in [3.05, 3.63) is 78.3 Å². The summed E-state index contributed by atoms with van der Waals surface area (Å²) >= 11 is 7.06. The molecule has 1 aliphatic heterocycles. The Morgan fingerprint density at radius 2 is 1.88 bits per heavy atom. The Morgan fingerprint density at radius 3 is 2.64 bits per heavy atom. The highest BCUT2D eigenvalue weighted by molar-refractivity contribution is 7.99. The Kier molecular flexibility index (Phi) is 4.46. The molecule has 3 aromatic rings. The fraction of sp³-hybridized carbons (Fsp3) is 0.158. The molecule has 4 nitrogen and oxygen atoms in total. The van der Waals surface area contributed by atoms with Crippen LogP contribution in [0.3, 0.4) is 0 Å². The van der Waals surface area contributed by atoms with Crippen molar-refractivity contribution in [2.45, 2.75) is 22.1 Å². The fourth-order valence-corrected chi connectivity index (χ4v) is 4.01. The monoisotopic (exact) mass is 367 g/mol. The molecule has 3 heterocycles. The number of benzene rings is 1. The molecule has 0 radical (unpaired) electrons. The molecule has 0 spiro atoms. The van der Waals surface area contributed by atoms with Crippen LogP contribution in [0, 0.1) is 0 Å². The summed E-state index contributed by atoms with van der Waals surface area (Å²) in [5, 5.41) is 4.93. The van der Waals surface area contributed by atoms with Crippen molar-refractivity contribution in [2.75, 3.05) is 7.05 Å². The van der Waals surface area contributed by atoms with Crippen LogP contribution in [0.4, 0.5) is 0 Å². The lowest BCUT2D eigenvalue weighted by atomic mass is 10.0. The Hall–Kier alpha value is -2.31. The maximum Gasteiger partial charge on any atom is 0.170 e. The van der Waals surface area contributed by atoms with Gasteiger partial charge in [-0.05, 0) is 48.6 Å². The number of aromatic nitrogens is 1. The van der Waals surface area contributed by atoms with E-state index in [9.17, 15) is 0 Å². The van der Waals surface area contributed by atoms with Crippen molar-refractivity contribution in [2.24, 2.45) is 0 Å². The van der Waals surface area contributed by atoms with Gasteiger partial charge in [0.2, 0.25) is 0 Å². The van der Waals surface area contributed by atoms with Crippen molar-refractivity contribution in [1.29, 1.82) is 0 Å². The summed E-state index contributed by atoms with van der Waals surface area (Å²) in [4.78, 5) is 7.67. The standard InChI is InChI=1S/C19H17N3OS2/c1-22-18(17(21-19(22)24)14-9-5-6-12-20-14)15-10-11-16(23-15)25-13-7-3-2-4-8-13/h2-12,17-18H,1H3,(H,21,24)/t17-,18+/m1/s1. The molecular weight excluding hydrogens is 350 g/mol. The molecule has 0 bridgehead atoms. The van der Waals surface area contributed by atoms with Gasteiger partial charge in [0.1, 0.15) is 11.8 Å². The second-order valence-corrected chi connectivity index (χ2v) is 7.27. The molecule has 0 saturated carbocycles. The Morgan fingerprint density at radius 1 is 1.08 bits per heavy atom. The van der Waals surface area contributed by atoms with Crippen LogP contribution in [0.25, 0.3) is 0 Å². The minimum Gasteiger partial charge on any atom is -0.452 e.